The van der Waals surface area contributed by atoms with Gasteiger partial charge in [-0.3, -0.25) is 0 Å². The van der Waals surface area contributed by atoms with Crippen molar-refractivity contribution in [1.82, 2.24) is 4.98 Å². The zero-order chi connectivity index (χ0) is 13.7. The van der Waals surface area contributed by atoms with E-state index in [1.807, 2.05) is 24.3 Å². The topological polar surface area (TPSA) is 53.4 Å². The quantitative estimate of drug-likeness (QED) is 0.910. The molecule has 1 aromatic heterocycles. The first-order chi connectivity index (χ1) is 9.72. The fraction of sp³-hybridized carbons (Fsp3) is 0.375. The number of carboxylic acid groups (broad SMARTS) is 1. The Morgan fingerprint density at radius 2 is 2.15 bits per heavy atom. The van der Waals surface area contributed by atoms with Crippen molar-refractivity contribution in [2.45, 2.75) is 25.3 Å². The summed E-state index contributed by atoms with van der Waals surface area (Å²) in [4.78, 5) is 17.9. The highest BCUT2D eigenvalue weighted by Crippen LogP contribution is 2.42. The molecule has 102 valence electrons. The average Bonchev–Trinajstić information content (AvgIpc) is 3.08. The van der Waals surface area contributed by atoms with Gasteiger partial charge in [0.15, 0.2) is 5.69 Å². The van der Waals surface area contributed by atoms with Crippen LogP contribution >= 0.6 is 0 Å². The number of hydrogen-bond acceptors (Lipinski definition) is 3. The van der Waals surface area contributed by atoms with Crippen molar-refractivity contribution in [1.29, 1.82) is 0 Å². The number of nitrogens with zero attached hydrogens (tertiary/aromatic N) is 2. The monoisotopic (exact) mass is 268 g/mol. The number of carbonyl (C=O) groups is 1. The molecule has 1 saturated heterocycles. The lowest BCUT2D eigenvalue weighted by molar-refractivity contribution is 0.0691. The normalized spacial score (nSPS) is 24.5. The summed E-state index contributed by atoms with van der Waals surface area (Å²) in [5.74, 6) is -0.179. The van der Waals surface area contributed by atoms with Gasteiger partial charge in [-0.05, 0) is 37.3 Å². The summed E-state index contributed by atoms with van der Waals surface area (Å²) < 4.78 is 0. The van der Waals surface area contributed by atoms with Crippen molar-refractivity contribution in [2.24, 2.45) is 5.92 Å². The van der Waals surface area contributed by atoms with Crippen molar-refractivity contribution < 1.29 is 9.90 Å². The maximum absolute atomic E-state index is 11.3. The van der Waals surface area contributed by atoms with Gasteiger partial charge in [0.2, 0.25) is 0 Å². The van der Waals surface area contributed by atoms with Crippen LogP contribution in [0.4, 0.5) is 5.69 Å². The first-order valence-electron chi connectivity index (χ1n) is 7.12. The molecule has 2 unspecified atom stereocenters. The number of anilines is 1. The standard InChI is InChI=1S/C16H16N2O2/c19-16(20)14-8-15(12-3-1-2-4-13(12)17-14)18-9-10-5-6-11(18)7-10/h1-4,8,10-11H,5-7,9H2,(H,19,20). The van der Waals surface area contributed by atoms with Gasteiger partial charge in [-0.25, -0.2) is 9.78 Å². The second-order valence-electron chi connectivity index (χ2n) is 5.83. The lowest BCUT2D eigenvalue weighted by atomic mass is 10.1. The third-order valence-corrected chi connectivity index (χ3v) is 4.63. The van der Waals surface area contributed by atoms with Crippen LogP contribution in [-0.2, 0) is 0 Å². The number of para-hydroxylation sites is 1. The van der Waals surface area contributed by atoms with Crippen LogP contribution in [0.2, 0.25) is 0 Å². The van der Waals surface area contributed by atoms with Crippen molar-refractivity contribution in [3.63, 3.8) is 0 Å². The Balaban J connectivity index is 1.90. The van der Waals surface area contributed by atoms with Crippen molar-refractivity contribution >= 4 is 22.6 Å². The summed E-state index contributed by atoms with van der Waals surface area (Å²) >= 11 is 0. The maximum Gasteiger partial charge on any atom is 0.354 e. The Morgan fingerprint density at radius 3 is 2.85 bits per heavy atom. The van der Waals surface area contributed by atoms with Crippen LogP contribution in [0.3, 0.4) is 0 Å². The van der Waals surface area contributed by atoms with Gasteiger partial charge in [0.25, 0.3) is 0 Å². The minimum atomic E-state index is -0.957. The Kier molecular flexibility index (Phi) is 2.46. The van der Waals surface area contributed by atoms with Crippen LogP contribution in [0.5, 0.6) is 0 Å². The van der Waals surface area contributed by atoms with Gasteiger partial charge in [-0.2, -0.15) is 0 Å². The van der Waals surface area contributed by atoms with E-state index < -0.39 is 5.97 Å². The van der Waals surface area contributed by atoms with E-state index in [9.17, 15) is 9.90 Å². The van der Waals surface area contributed by atoms with E-state index in [2.05, 4.69) is 9.88 Å². The molecule has 0 spiro atoms. The molecule has 4 rings (SSSR count). The number of benzene rings is 1. The SMILES string of the molecule is O=C(O)c1cc(N2CC3CCC2C3)c2ccccc2n1. The van der Waals surface area contributed by atoms with E-state index >= 15 is 0 Å². The summed E-state index contributed by atoms with van der Waals surface area (Å²) in [6, 6.07) is 10.1. The van der Waals surface area contributed by atoms with E-state index in [1.165, 1.54) is 19.3 Å². The highest BCUT2D eigenvalue weighted by Gasteiger charge is 2.38. The van der Waals surface area contributed by atoms with Gasteiger partial charge >= 0.3 is 5.97 Å². The molecule has 2 heterocycles. The van der Waals surface area contributed by atoms with Crippen LogP contribution in [-0.4, -0.2) is 28.6 Å². The van der Waals surface area contributed by atoms with Crippen molar-refractivity contribution in [3.05, 3.63) is 36.0 Å². The molecule has 4 heteroatoms. The summed E-state index contributed by atoms with van der Waals surface area (Å²) in [6.45, 7) is 1.05. The predicted molar refractivity (Wildman–Crippen MR) is 77.2 cm³/mol. The van der Waals surface area contributed by atoms with E-state index in [0.29, 0.717) is 6.04 Å². The Morgan fingerprint density at radius 1 is 1.30 bits per heavy atom. The lowest BCUT2D eigenvalue weighted by Crippen LogP contribution is -2.32. The number of fused-ring (bicyclic) bond motifs is 3. The second kappa shape index (κ2) is 4.20. The number of aromatic carboxylic acids is 1. The van der Waals surface area contributed by atoms with Gasteiger partial charge in [-0.1, -0.05) is 18.2 Å². The Bertz CT molecular complexity index is 698. The summed E-state index contributed by atoms with van der Waals surface area (Å²) in [7, 11) is 0. The largest absolute Gasteiger partial charge is 0.477 e. The molecule has 1 saturated carbocycles. The highest BCUT2D eigenvalue weighted by atomic mass is 16.4. The zero-order valence-electron chi connectivity index (χ0n) is 11.1. The first kappa shape index (κ1) is 11.7. The predicted octanol–water partition coefficient (Wildman–Crippen LogP) is 2.92. The van der Waals surface area contributed by atoms with Crippen LogP contribution in [0.1, 0.15) is 29.8 Å². The van der Waals surface area contributed by atoms with Crippen LogP contribution in [0.15, 0.2) is 30.3 Å². The third kappa shape index (κ3) is 1.68. The number of rotatable bonds is 2. The van der Waals surface area contributed by atoms with Crippen molar-refractivity contribution in [3.8, 4) is 0 Å². The molecule has 2 aliphatic rings. The molecule has 4 nitrogen and oxygen atoms in total. The molecule has 1 aliphatic heterocycles. The number of hydrogen-bond donors (Lipinski definition) is 1. The fourth-order valence-electron chi connectivity index (χ4n) is 3.72. The molecular formula is C16H16N2O2. The van der Waals surface area contributed by atoms with Crippen LogP contribution in [0, 0.1) is 5.92 Å². The summed E-state index contributed by atoms with van der Waals surface area (Å²) in [5, 5.41) is 10.3. The molecule has 2 bridgehead atoms. The van der Waals surface area contributed by atoms with Gasteiger partial charge in [0, 0.05) is 23.7 Å². The van der Waals surface area contributed by atoms with E-state index in [4.69, 9.17) is 0 Å². The molecule has 20 heavy (non-hydrogen) atoms. The smallest absolute Gasteiger partial charge is 0.354 e. The molecule has 2 atom stereocenters. The molecule has 2 fully saturated rings. The molecule has 0 amide bonds. The van der Waals surface area contributed by atoms with Gasteiger partial charge < -0.3 is 10.0 Å². The first-order valence-corrected chi connectivity index (χ1v) is 7.12. The van der Waals surface area contributed by atoms with E-state index in [0.717, 1.165) is 29.1 Å². The molecule has 1 N–H and O–H groups in total. The molecule has 2 aromatic rings. The maximum atomic E-state index is 11.3. The van der Waals surface area contributed by atoms with Gasteiger partial charge in [0.05, 0.1) is 5.52 Å². The lowest BCUT2D eigenvalue weighted by Gasteiger charge is -2.30. The zero-order valence-corrected chi connectivity index (χ0v) is 11.1. The number of pyridine rings is 1. The van der Waals surface area contributed by atoms with Gasteiger partial charge in [0.1, 0.15) is 0 Å². The summed E-state index contributed by atoms with van der Waals surface area (Å²) in [6.07, 6.45) is 3.79. The van der Waals surface area contributed by atoms with Crippen LogP contribution in [0.25, 0.3) is 10.9 Å². The molecule has 1 aromatic carbocycles. The second-order valence-corrected chi connectivity index (χ2v) is 5.83. The van der Waals surface area contributed by atoms with Crippen molar-refractivity contribution in [2.75, 3.05) is 11.4 Å². The number of aromatic nitrogens is 1. The molecule has 1 aliphatic carbocycles. The molecular weight excluding hydrogens is 252 g/mol. The Hall–Kier alpha value is -2.10. The minimum absolute atomic E-state index is 0.140. The number of carboxylic acids is 1. The molecule has 0 radical (unpaired) electrons. The average molecular weight is 268 g/mol. The van der Waals surface area contributed by atoms with E-state index in [-0.39, 0.29) is 5.69 Å². The Labute approximate surface area is 117 Å². The third-order valence-electron chi connectivity index (χ3n) is 4.63. The van der Waals surface area contributed by atoms with E-state index in [1.54, 1.807) is 6.07 Å². The van der Waals surface area contributed by atoms with Crippen LogP contribution < -0.4 is 4.90 Å². The fourth-order valence-corrected chi connectivity index (χ4v) is 3.72. The summed E-state index contributed by atoms with van der Waals surface area (Å²) in [5.41, 5.74) is 1.95. The minimum Gasteiger partial charge on any atom is -0.477 e. The highest BCUT2D eigenvalue weighted by molar-refractivity contribution is 5.97. The number of piperidine rings is 1. The van der Waals surface area contributed by atoms with Gasteiger partial charge in [-0.15, -0.1) is 0 Å².